The van der Waals surface area contributed by atoms with Crippen LogP contribution in [0.1, 0.15) is 30.1 Å². The number of pyridine rings is 1. The fourth-order valence-electron chi connectivity index (χ4n) is 3.66. The Labute approximate surface area is 165 Å². The van der Waals surface area contributed by atoms with Gasteiger partial charge < -0.3 is 19.4 Å². The van der Waals surface area contributed by atoms with E-state index in [1.54, 1.807) is 18.3 Å². The van der Waals surface area contributed by atoms with Crippen LogP contribution in [0.25, 0.3) is 0 Å². The van der Waals surface area contributed by atoms with E-state index in [9.17, 15) is 4.79 Å². The van der Waals surface area contributed by atoms with Crippen molar-refractivity contribution >= 4 is 17.5 Å². The number of aromatic nitrogens is 3. The van der Waals surface area contributed by atoms with Crippen molar-refractivity contribution in [2.24, 2.45) is 0 Å². The van der Waals surface area contributed by atoms with E-state index in [1.165, 1.54) is 12.8 Å². The number of rotatable bonds is 5. The zero-order valence-electron chi connectivity index (χ0n) is 16.3. The molecule has 0 N–H and O–H groups in total. The Morgan fingerprint density at radius 3 is 2.11 bits per heavy atom. The fraction of sp³-hybridized carbons (Fsp3) is 0.500. The van der Waals surface area contributed by atoms with Crippen molar-refractivity contribution in [3.8, 4) is 5.88 Å². The molecule has 8 nitrogen and oxygen atoms in total. The molecule has 8 heteroatoms. The molecule has 1 amide bonds. The third kappa shape index (κ3) is 4.00. The van der Waals surface area contributed by atoms with Gasteiger partial charge in [0.2, 0.25) is 5.88 Å². The van der Waals surface area contributed by atoms with Gasteiger partial charge in [-0.1, -0.05) is 0 Å². The second-order valence-corrected chi connectivity index (χ2v) is 7.04. The summed E-state index contributed by atoms with van der Waals surface area (Å²) >= 11 is 0. The summed E-state index contributed by atoms with van der Waals surface area (Å²) in [6.07, 6.45) is 4.04. The zero-order chi connectivity index (χ0) is 19.3. The van der Waals surface area contributed by atoms with E-state index in [2.05, 4.69) is 31.0 Å². The molecule has 2 fully saturated rings. The van der Waals surface area contributed by atoms with Crippen LogP contribution >= 0.6 is 0 Å². The Kier molecular flexibility index (Phi) is 5.55. The molecule has 2 aromatic heterocycles. The van der Waals surface area contributed by atoms with Crippen LogP contribution < -0.4 is 14.5 Å². The number of amides is 1. The van der Waals surface area contributed by atoms with Crippen LogP contribution in [-0.2, 0) is 0 Å². The number of anilines is 2. The maximum atomic E-state index is 12.7. The highest BCUT2D eigenvalue weighted by Gasteiger charge is 2.23. The molecule has 2 aliphatic heterocycles. The van der Waals surface area contributed by atoms with Gasteiger partial charge in [-0.3, -0.25) is 4.79 Å². The molecule has 4 rings (SSSR count). The fourth-order valence-corrected chi connectivity index (χ4v) is 3.66. The van der Waals surface area contributed by atoms with Crippen molar-refractivity contribution in [3.63, 3.8) is 0 Å². The Balaban J connectivity index is 1.33. The summed E-state index contributed by atoms with van der Waals surface area (Å²) in [5, 5.41) is 8.80. The van der Waals surface area contributed by atoms with E-state index in [1.807, 2.05) is 17.9 Å². The minimum atomic E-state index is 0.00524. The Morgan fingerprint density at radius 1 is 0.929 bits per heavy atom. The van der Waals surface area contributed by atoms with Gasteiger partial charge in [0, 0.05) is 51.5 Å². The van der Waals surface area contributed by atoms with Crippen molar-refractivity contribution in [3.05, 3.63) is 36.0 Å². The molecule has 0 aliphatic carbocycles. The van der Waals surface area contributed by atoms with Crippen LogP contribution in [0.5, 0.6) is 5.88 Å². The van der Waals surface area contributed by atoms with Crippen molar-refractivity contribution in [2.75, 3.05) is 55.7 Å². The van der Waals surface area contributed by atoms with Gasteiger partial charge in [0.25, 0.3) is 5.91 Å². The second-order valence-electron chi connectivity index (χ2n) is 7.04. The van der Waals surface area contributed by atoms with E-state index >= 15 is 0 Å². The van der Waals surface area contributed by atoms with Crippen LogP contribution in [-0.4, -0.2) is 71.9 Å². The third-order valence-electron chi connectivity index (χ3n) is 5.23. The van der Waals surface area contributed by atoms with Gasteiger partial charge in [-0.25, -0.2) is 4.98 Å². The average Bonchev–Trinajstić information content (AvgIpc) is 3.29. The standard InChI is InChI=1S/C20H26N6O2/c1-2-28-19-8-5-16(15-21-19)20(27)26-13-11-25(12-14-26)18-7-6-17(22-23-18)24-9-3-4-10-24/h5-8,15H,2-4,9-14H2,1H3. The molecule has 28 heavy (non-hydrogen) atoms. The Hall–Kier alpha value is -2.90. The van der Waals surface area contributed by atoms with Gasteiger partial charge >= 0.3 is 0 Å². The number of carbonyl (C=O) groups is 1. The van der Waals surface area contributed by atoms with E-state index < -0.39 is 0 Å². The normalized spacial score (nSPS) is 17.1. The van der Waals surface area contributed by atoms with Crippen LogP contribution in [0.15, 0.2) is 30.5 Å². The van der Waals surface area contributed by atoms with Crippen LogP contribution in [0.2, 0.25) is 0 Å². The number of hydrogen-bond donors (Lipinski definition) is 0. The number of carbonyl (C=O) groups excluding carboxylic acids is 1. The van der Waals surface area contributed by atoms with E-state index in [4.69, 9.17) is 4.74 Å². The molecule has 0 aromatic carbocycles. The highest BCUT2D eigenvalue weighted by atomic mass is 16.5. The van der Waals surface area contributed by atoms with Crippen molar-refractivity contribution < 1.29 is 9.53 Å². The average molecular weight is 382 g/mol. The van der Waals surface area contributed by atoms with E-state index in [0.717, 1.165) is 37.8 Å². The number of piperazine rings is 1. The monoisotopic (exact) mass is 382 g/mol. The summed E-state index contributed by atoms with van der Waals surface area (Å²) in [7, 11) is 0. The maximum Gasteiger partial charge on any atom is 0.255 e. The highest BCUT2D eigenvalue weighted by molar-refractivity contribution is 5.94. The summed E-state index contributed by atoms with van der Waals surface area (Å²) in [6, 6.07) is 7.60. The Morgan fingerprint density at radius 2 is 1.57 bits per heavy atom. The molecule has 2 aromatic rings. The lowest BCUT2D eigenvalue weighted by molar-refractivity contribution is 0.0746. The predicted octanol–water partition coefficient (Wildman–Crippen LogP) is 1.83. The topological polar surface area (TPSA) is 74.7 Å². The van der Waals surface area contributed by atoms with Gasteiger partial charge in [-0.15, -0.1) is 10.2 Å². The first-order valence-corrected chi connectivity index (χ1v) is 9.96. The molecule has 0 saturated carbocycles. The minimum absolute atomic E-state index is 0.00524. The molecular formula is C20H26N6O2. The minimum Gasteiger partial charge on any atom is -0.478 e. The second kappa shape index (κ2) is 8.41. The largest absolute Gasteiger partial charge is 0.478 e. The van der Waals surface area contributed by atoms with Crippen LogP contribution in [0.4, 0.5) is 11.6 Å². The summed E-state index contributed by atoms with van der Waals surface area (Å²) in [6.45, 7) is 7.39. The van der Waals surface area contributed by atoms with Crippen LogP contribution in [0, 0.1) is 0 Å². The van der Waals surface area contributed by atoms with Gasteiger partial charge in [0.05, 0.1) is 12.2 Å². The number of ether oxygens (including phenoxy) is 1. The summed E-state index contributed by atoms with van der Waals surface area (Å²) in [5.41, 5.74) is 0.590. The first-order chi connectivity index (χ1) is 13.7. The smallest absolute Gasteiger partial charge is 0.255 e. The molecule has 148 valence electrons. The molecule has 0 atom stereocenters. The lowest BCUT2D eigenvalue weighted by Gasteiger charge is -2.35. The summed E-state index contributed by atoms with van der Waals surface area (Å²) in [4.78, 5) is 23.2. The Bertz CT molecular complexity index is 781. The van der Waals surface area contributed by atoms with Crippen molar-refractivity contribution in [1.29, 1.82) is 0 Å². The molecular weight excluding hydrogens is 356 g/mol. The lowest BCUT2D eigenvalue weighted by Crippen LogP contribution is -2.49. The van der Waals surface area contributed by atoms with E-state index in [0.29, 0.717) is 31.1 Å². The van der Waals surface area contributed by atoms with Gasteiger partial charge in [-0.05, 0) is 38.0 Å². The highest BCUT2D eigenvalue weighted by Crippen LogP contribution is 2.20. The SMILES string of the molecule is CCOc1ccc(C(=O)N2CCN(c3ccc(N4CCCC4)nn3)CC2)cn1. The number of hydrogen-bond acceptors (Lipinski definition) is 7. The lowest BCUT2D eigenvalue weighted by atomic mass is 10.2. The van der Waals surface area contributed by atoms with Gasteiger partial charge in [-0.2, -0.15) is 0 Å². The molecule has 2 saturated heterocycles. The summed E-state index contributed by atoms with van der Waals surface area (Å²) in [5.74, 6) is 2.38. The van der Waals surface area contributed by atoms with Gasteiger partial charge in [0.1, 0.15) is 0 Å². The van der Waals surface area contributed by atoms with E-state index in [-0.39, 0.29) is 5.91 Å². The molecule has 0 bridgehead atoms. The molecule has 0 radical (unpaired) electrons. The van der Waals surface area contributed by atoms with Crippen molar-refractivity contribution in [1.82, 2.24) is 20.1 Å². The first kappa shape index (κ1) is 18.5. The van der Waals surface area contributed by atoms with Gasteiger partial charge in [0.15, 0.2) is 11.6 Å². The molecule has 0 unspecified atom stereocenters. The quantitative estimate of drug-likeness (QED) is 0.781. The number of nitrogens with zero attached hydrogens (tertiary/aromatic N) is 6. The third-order valence-corrected chi connectivity index (χ3v) is 5.23. The molecule has 2 aliphatic rings. The zero-order valence-corrected chi connectivity index (χ0v) is 16.3. The first-order valence-electron chi connectivity index (χ1n) is 9.96. The molecule has 4 heterocycles. The predicted molar refractivity (Wildman–Crippen MR) is 107 cm³/mol. The van der Waals surface area contributed by atoms with Crippen LogP contribution in [0.3, 0.4) is 0 Å². The molecule has 0 spiro atoms. The van der Waals surface area contributed by atoms with Crippen molar-refractivity contribution in [2.45, 2.75) is 19.8 Å². The summed E-state index contributed by atoms with van der Waals surface area (Å²) < 4.78 is 5.33. The maximum absolute atomic E-state index is 12.7.